The molecule has 4 nitrogen and oxygen atoms in total. The van der Waals surface area contributed by atoms with Crippen LogP contribution in [-0.2, 0) is 0 Å². The van der Waals surface area contributed by atoms with Crippen molar-refractivity contribution in [1.29, 1.82) is 0 Å². The lowest BCUT2D eigenvalue weighted by atomic mass is 9.97. The molecule has 0 saturated carbocycles. The van der Waals surface area contributed by atoms with Gasteiger partial charge in [-0.3, -0.25) is 0 Å². The zero-order valence-corrected chi connectivity index (χ0v) is 9.27. The molecule has 0 atom stereocenters. The van der Waals surface area contributed by atoms with Gasteiger partial charge in [-0.2, -0.15) is 0 Å². The maximum atomic E-state index is 11.4. The first-order valence-electron chi connectivity index (χ1n) is 4.97. The van der Waals surface area contributed by atoms with E-state index >= 15 is 0 Å². The number of thiocarbonyl (C=S) groups is 1. The van der Waals surface area contributed by atoms with Crippen LogP contribution in [0.1, 0.15) is 19.8 Å². The molecule has 1 saturated heterocycles. The number of nitrogens with two attached hydrogens (primary N) is 1. The molecule has 80 valence electrons. The first-order valence-corrected chi connectivity index (χ1v) is 5.38. The third-order valence-corrected chi connectivity index (χ3v) is 2.85. The Morgan fingerprint density at radius 1 is 1.57 bits per heavy atom. The van der Waals surface area contributed by atoms with Crippen molar-refractivity contribution in [3.8, 4) is 0 Å². The fourth-order valence-corrected chi connectivity index (χ4v) is 1.87. The van der Waals surface area contributed by atoms with E-state index in [2.05, 4.69) is 5.32 Å². The Morgan fingerprint density at radius 3 is 2.57 bits per heavy atom. The van der Waals surface area contributed by atoms with Crippen molar-refractivity contribution in [2.75, 3.05) is 19.6 Å². The first-order chi connectivity index (χ1) is 6.65. The summed E-state index contributed by atoms with van der Waals surface area (Å²) in [6.07, 6.45) is 1.79. The molecule has 1 aliphatic heterocycles. The van der Waals surface area contributed by atoms with Gasteiger partial charge in [0.1, 0.15) is 0 Å². The van der Waals surface area contributed by atoms with Crippen LogP contribution in [0.15, 0.2) is 0 Å². The van der Waals surface area contributed by atoms with Crippen molar-refractivity contribution in [3.05, 3.63) is 0 Å². The molecule has 0 aromatic rings. The van der Waals surface area contributed by atoms with Crippen LogP contribution < -0.4 is 11.1 Å². The SMILES string of the molecule is CCNC(=O)N1CCC(C(N)=S)CC1. The number of urea groups is 1. The van der Waals surface area contributed by atoms with Crippen molar-refractivity contribution in [2.24, 2.45) is 11.7 Å². The molecule has 0 spiro atoms. The quantitative estimate of drug-likeness (QED) is 0.667. The number of hydrogen-bond acceptors (Lipinski definition) is 2. The van der Waals surface area contributed by atoms with Crippen LogP contribution in [0.3, 0.4) is 0 Å². The van der Waals surface area contributed by atoms with Gasteiger partial charge in [-0.25, -0.2) is 4.79 Å². The van der Waals surface area contributed by atoms with Gasteiger partial charge in [0.25, 0.3) is 0 Å². The van der Waals surface area contributed by atoms with E-state index < -0.39 is 0 Å². The summed E-state index contributed by atoms with van der Waals surface area (Å²) in [5.74, 6) is 0.315. The Bertz CT molecular complexity index is 224. The minimum Gasteiger partial charge on any atom is -0.393 e. The second-order valence-electron chi connectivity index (χ2n) is 3.50. The Kier molecular flexibility index (Phi) is 4.13. The summed E-state index contributed by atoms with van der Waals surface area (Å²) in [7, 11) is 0. The predicted molar refractivity (Wildman–Crippen MR) is 60.2 cm³/mol. The highest BCUT2D eigenvalue weighted by molar-refractivity contribution is 7.80. The molecule has 1 rings (SSSR count). The number of nitrogens with zero attached hydrogens (tertiary/aromatic N) is 1. The first kappa shape index (κ1) is 11.2. The summed E-state index contributed by atoms with van der Waals surface area (Å²) in [6, 6.07) is 0.0221. The zero-order chi connectivity index (χ0) is 10.6. The largest absolute Gasteiger partial charge is 0.393 e. The average molecular weight is 215 g/mol. The molecule has 0 bridgehead atoms. The molecule has 5 heteroatoms. The van der Waals surface area contributed by atoms with Crippen molar-refractivity contribution >= 4 is 23.2 Å². The number of hydrogen-bond donors (Lipinski definition) is 2. The number of likely N-dealkylation sites (tertiary alicyclic amines) is 1. The van der Waals surface area contributed by atoms with Crippen LogP contribution in [0.5, 0.6) is 0 Å². The number of rotatable bonds is 2. The average Bonchev–Trinajstić information content (AvgIpc) is 2.18. The molecule has 0 aromatic heterocycles. The van der Waals surface area contributed by atoms with Crippen molar-refractivity contribution in [2.45, 2.75) is 19.8 Å². The maximum Gasteiger partial charge on any atom is 0.317 e. The van der Waals surface area contributed by atoms with Crippen LogP contribution in [0.4, 0.5) is 4.79 Å². The summed E-state index contributed by atoms with van der Waals surface area (Å²) in [5, 5.41) is 2.78. The number of carbonyl (C=O) groups excluding carboxylic acids is 1. The standard InChI is InChI=1S/C9H17N3OS/c1-2-11-9(13)12-5-3-7(4-6-12)8(10)14/h7H,2-6H2,1H3,(H2,10,14)(H,11,13). The van der Waals surface area contributed by atoms with E-state index in [1.807, 2.05) is 11.8 Å². The van der Waals surface area contributed by atoms with Crippen LogP contribution >= 0.6 is 12.2 Å². The Morgan fingerprint density at radius 2 is 2.14 bits per heavy atom. The van der Waals surface area contributed by atoms with Gasteiger partial charge in [-0.1, -0.05) is 12.2 Å². The minimum atomic E-state index is 0.0221. The molecular weight excluding hydrogens is 198 g/mol. The van der Waals surface area contributed by atoms with Crippen molar-refractivity contribution in [3.63, 3.8) is 0 Å². The second kappa shape index (κ2) is 5.14. The van der Waals surface area contributed by atoms with Crippen LogP contribution in [0.25, 0.3) is 0 Å². The van der Waals surface area contributed by atoms with Crippen LogP contribution in [-0.4, -0.2) is 35.6 Å². The Balaban J connectivity index is 2.35. The van der Waals surface area contributed by atoms with E-state index in [0.29, 0.717) is 17.5 Å². The van der Waals surface area contributed by atoms with E-state index in [4.69, 9.17) is 18.0 Å². The number of nitrogens with one attached hydrogen (secondary N) is 1. The van der Waals surface area contributed by atoms with Gasteiger partial charge < -0.3 is 16.0 Å². The maximum absolute atomic E-state index is 11.4. The third kappa shape index (κ3) is 2.83. The van der Waals surface area contributed by atoms with E-state index in [0.717, 1.165) is 25.9 Å². The van der Waals surface area contributed by atoms with Crippen LogP contribution in [0, 0.1) is 5.92 Å². The normalized spacial score (nSPS) is 17.9. The lowest BCUT2D eigenvalue weighted by Gasteiger charge is -2.31. The Hall–Kier alpha value is -0.840. The van der Waals surface area contributed by atoms with E-state index in [1.165, 1.54) is 0 Å². The topological polar surface area (TPSA) is 58.4 Å². The van der Waals surface area contributed by atoms with Gasteiger partial charge in [0.2, 0.25) is 0 Å². The summed E-state index contributed by atoms with van der Waals surface area (Å²) in [5.41, 5.74) is 5.56. The van der Waals surface area contributed by atoms with Gasteiger partial charge >= 0.3 is 6.03 Å². The molecule has 2 amide bonds. The molecule has 3 N–H and O–H groups in total. The lowest BCUT2D eigenvalue weighted by molar-refractivity contribution is 0.181. The second-order valence-corrected chi connectivity index (χ2v) is 3.97. The van der Waals surface area contributed by atoms with E-state index in [9.17, 15) is 4.79 Å². The van der Waals surface area contributed by atoms with Crippen LogP contribution in [0.2, 0.25) is 0 Å². The van der Waals surface area contributed by atoms with Gasteiger partial charge in [0.05, 0.1) is 4.99 Å². The van der Waals surface area contributed by atoms with Crippen molar-refractivity contribution < 1.29 is 4.79 Å². The zero-order valence-electron chi connectivity index (χ0n) is 8.45. The number of carbonyl (C=O) groups is 1. The summed E-state index contributed by atoms with van der Waals surface area (Å²) < 4.78 is 0. The molecule has 0 aromatic carbocycles. The Labute approximate surface area is 89.8 Å². The predicted octanol–water partition coefficient (Wildman–Crippen LogP) is 0.714. The molecule has 14 heavy (non-hydrogen) atoms. The highest BCUT2D eigenvalue weighted by atomic mass is 32.1. The summed E-state index contributed by atoms with van der Waals surface area (Å²) >= 11 is 4.93. The lowest BCUT2D eigenvalue weighted by Crippen LogP contribution is -2.45. The third-order valence-electron chi connectivity index (χ3n) is 2.51. The molecule has 0 aliphatic carbocycles. The van der Waals surface area contributed by atoms with Gasteiger partial charge in [-0.15, -0.1) is 0 Å². The van der Waals surface area contributed by atoms with Gasteiger partial charge in [0, 0.05) is 25.6 Å². The molecule has 1 aliphatic rings. The molecule has 1 fully saturated rings. The van der Waals surface area contributed by atoms with Gasteiger partial charge in [-0.05, 0) is 19.8 Å². The fourth-order valence-electron chi connectivity index (χ4n) is 1.63. The highest BCUT2D eigenvalue weighted by Gasteiger charge is 2.23. The monoisotopic (exact) mass is 215 g/mol. The molecular formula is C9H17N3OS. The molecule has 1 heterocycles. The molecule has 0 unspecified atom stereocenters. The minimum absolute atomic E-state index is 0.0221. The van der Waals surface area contributed by atoms with E-state index in [1.54, 1.807) is 0 Å². The highest BCUT2D eigenvalue weighted by Crippen LogP contribution is 2.17. The number of amides is 2. The molecule has 0 radical (unpaired) electrons. The summed E-state index contributed by atoms with van der Waals surface area (Å²) in [4.78, 5) is 13.8. The fraction of sp³-hybridized carbons (Fsp3) is 0.778. The summed E-state index contributed by atoms with van der Waals surface area (Å²) in [6.45, 7) is 4.11. The van der Waals surface area contributed by atoms with E-state index in [-0.39, 0.29) is 6.03 Å². The van der Waals surface area contributed by atoms with Gasteiger partial charge in [0.15, 0.2) is 0 Å². The van der Waals surface area contributed by atoms with Crippen molar-refractivity contribution in [1.82, 2.24) is 10.2 Å². The smallest absolute Gasteiger partial charge is 0.317 e. The number of piperidine rings is 1.